The van der Waals surface area contributed by atoms with Gasteiger partial charge < -0.3 is 9.47 Å². The van der Waals surface area contributed by atoms with Crippen molar-refractivity contribution in [2.75, 3.05) is 18.1 Å². The lowest BCUT2D eigenvalue weighted by Crippen LogP contribution is -2.27. The number of carbonyl (C=O) groups is 2. The van der Waals surface area contributed by atoms with E-state index >= 15 is 0 Å². The fourth-order valence-electron chi connectivity index (χ4n) is 2.66. The summed E-state index contributed by atoms with van der Waals surface area (Å²) in [6.45, 7) is 4.74. The molecule has 0 spiro atoms. The van der Waals surface area contributed by atoms with E-state index in [4.69, 9.17) is 21.1 Å². The largest absolute Gasteiger partial charge is 0.493 e. The predicted molar refractivity (Wildman–Crippen MR) is 116 cm³/mol. The first kappa shape index (κ1) is 20.8. The number of amides is 2. The van der Waals surface area contributed by atoms with Crippen LogP contribution in [-0.2, 0) is 4.79 Å². The van der Waals surface area contributed by atoms with E-state index in [9.17, 15) is 9.59 Å². The minimum Gasteiger partial charge on any atom is -0.493 e. The second kappa shape index (κ2) is 9.03. The van der Waals surface area contributed by atoms with Crippen LogP contribution in [0.1, 0.15) is 19.4 Å². The van der Waals surface area contributed by atoms with Gasteiger partial charge in [0.1, 0.15) is 11.5 Å². The molecule has 1 saturated heterocycles. The molecular weight excluding hydrogens is 466 g/mol. The molecular formula is C20H17BrClNO4S. The first-order valence-corrected chi connectivity index (χ1v) is 10.6. The third-order valence-corrected chi connectivity index (χ3v) is 5.54. The molecule has 0 aliphatic carbocycles. The van der Waals surface area contributed by atoms with Gasteiger partial charge in [0.15, 0.2) is 0 Å². The molecule has 5 nitrogen and oxygen atoms in total. The Morgan fingerprint density at radius 1 is 1.11 bits per heavy atom. The van der Waals surface area contributed by atoms with E-state index in [1.807, 2.05) is 19.9 Å². The van der Waals surface area contributed by atoms with Gasteiger partial charge in [0.25, 0.3) is 11.1 Å². The molecule has 2 aromatic carbocycles. The molecule has 1 fully saturated rings. The average molecular weight is 483 g/mol. The molecule has 0 atom stereocenters. The second-order valence-corrected chi connectivity index (χ2v) is 7.97. The molecule has 1 aliphatic rings. The molecule has 0 bridgehead atoms. The smallest absolute Gasteiger partial charge is 0.298 e. The summed E-state index contributed by atoms with van der Waals surface area (Å²) in [5, 5.41) is 0.0797. The molecule has 0 saturated carbocycles. The van der Waals surface area contributed by atoms with Gasteiger partial charge in [0, 0.05) is 16.7 Å². The first-order valence-electron chi connectivity index (χ1n) is 8.57. The highest BCUT2D eigenvalue weighted by atomic mass is 79.9. The second-order valence-electron chi connectivity index (χ2n) is 5.68. The summed E-state index contributed by atoms with van der Waals surface area (Å²) in [5.41, 5.74) is 1.12. The fourth-order valence-corrected chi connectivity index (χ4v) is 4.15. The molecule has 0 unspecified atom stereocenters. The molecule has 0 N–H and O–H groups in total. The van der Waals surface area contributed by atoms with Crippen LogP contribution in [-0.4, -0.2) is 24.4 Å². The van der Waals surface area contributed by atoms with Crippen molar-refractivity contribution in [1.82, 2.24) is 0 Å². The van der Waals surface area contributed by atoms with Gasteiger partial charge in [0.05, 0.1) is 28.3 Å². The maximum Gasteiger partial charge on any atom is 0.298 e. The van der Waals surface area contributed by atoms with Crippen molar-refractivity contribution in [2.24, 2.45) is 0 Å². The van der Waals surface area contributed by atoms with Crippen molar-refractivity contribution in [1.29, 1.82) is 0 Å². The number of benzene rings is 2. The highest BCUT2D eigenvalue weighted by molar-refractivity contribution is 9.10. The van der Waals surface area contributed by atoms with Crippen molar-refractivity contribution in [2.45, 2.75) is 13.8 Å². The minimum absolute atomic E-state index is 0.307. The first-order chi connectivity index (χ1) is 13.4. The average Bonchev–Trinajstić information content (AvgIpc) is 2.92. The number of thioether (sulfide) groups is 1. The van der Waals surface area contributed by atoms with Crippen molar-refractivity contribution < 1.29 is 19.1 Å². The number of halogens is 2. The van der Waals surface area contributed by atoms with Crippen LogP contribution in [0.15, 0.2) is 45.8 Å². The third-order valence-electron chi connectivity index (χ3n) is 3.81. The van der Waals surface area contributed by atoms with Crippen LogP contribution >= 0.6 is 39.3 Å². The van der Waals surface area contributed by atoms with Gasteiger partial charge in [-0.2, -0.15) is 0 Å². The Morgan fingerprint density at radius 3 is 2.50 bits per heavy atom. The van der Waals surface area contributed by atoms with Gasteiger partial charge in [-0.15, -0.1) is 0 Å². The molecule has 8 heteroatoms. The van der Waals surface area contributed by atoms with Gasteiger partial charge in [-0.05, 0) is 71.9 Å². The van der Waals surface area contributed by atoms with Gasteiger partial charge in [-0.3, -0.25) is 9.59 Å². The zero-order valence-corrected chi connectivity index (χ0v) is 18.4. The van der Waals surface area contributed by atoms with Crippen LogP contribution in [0, 0.1) is 0 Å². The van der Waals surface area contributed by atoms with E-state index < -0.39 is 5.91 Å². The molecule has 1 aliphatic heterocycles. The van der Waals surface area contributed by atoms with Crippen molar-refractivity contribution >= 4 is 62.2 Å². The van der Waals surface area contributed by atoms with Crippen molar-refractivity contribution in [3.63, 3.8) is 0 Å². The van der Waals surface area contributed by atoms with Gasteiger partial charge in [-0.25, -0.2) is 4.90 Å². The van der Waals surface area contributed by atoms with Gasteiger partial charge in [-0.1, -0.05) is 17.7 Å². The van der Waals surface area contributed by atoms with E-state index in [0.29, 0.717) is 45.9 Å². The van der Waals surface area contributed by atoms with Crippen LogP contribution in [0.25, 0.3) is 6.08 Å². The Labute approximate surface area is 180 Å². The number of carbonyl (C=O) groups excluding carboxylic acids is 2. The summed E-state index contributed by atoms with van der Waals surface area (Å²) in [6, 6.07) is 10.2. The Kier molecular flexibility index (Phi) is 6.69. The summed E-state index contributed by atoms with van der Waals surface area (Å²) < 4.78 is 12.0. The van der Waals surface area contributed by atoms with Crippen molar-refractivity contribution in [3.05, 3.63) is 56.4 Å². The number of anilines is 1. The SMILES string of the molecule is CCOc1cc(OCC)c(/C=C2/SC(=O)N(c3cccc(Cl)c3)C2=O)cc1Br. The van der Waals surface area contributed by atoms with Gasteiger partial charge >= 0.3 is 0 Å². The number of hydrogen-bond acceptors (Lipinski definition) is 5. The van der Waals surface area contributed by atoms with Crippen LogP contribution in [0.2, 0.25) is 5.02 Å². The number of rotatable bonds is 6. The topological polar surface area (TPSA) is 55.8 Å². The van der Waals surface area contributed by atoms with E-state index in [-0.39, 0.29) is 5.24 Å². The molecule has 2 aromatic rings. The molecule has 3 rings (SSSR count). The Morgan fingerprint density at radius 2 is 1.82 bits per heavy atom. The van der Waals surface area contributed by atoms with E-state index in [1.54, 1.807) is 36.4 Å². The lowest BCUT2D eigenvalue weighted by Gasteiger charge is -2.13. The van der Waals surface area contributed by atoms with Gasteiger partial charge in [0.2, 0.25) is 0 Å². The zero-order chi connectivity index (χ0) is 20.3. The summed E-state index contributed by atoms with van der Waals surface area (Å²) in [5.74, 6) is 0.823. The lowest BCUT2D eigenvalue weighted by molar-refractivity contribution is -0.113. The number of imide groups is 1. The van der Waals surface area contributed by atoms with Crippen LogP contribution in [0.4, 0.5) is 10.5 Å². The normalized spacial score (nSPS) is 15.4. The summed E-state index contributed by atoms with van der Waals surface area (Å²) >= 11 is 10.3. The van der Waals surface area contributed by atoms with Crippen LogP contribution in [0.3, 0.4) is 0 Å². The van der Waals surface area contributed by atoms with E-state index in [1.165, 1.54) is 0 Å². The monoisotopic (exact) mass is 481 g/mol. The van der Waals surface area contributed by atoms with E-state index in [2.05, 4.69) is 15.9 Å². The fraction of sp³-hybridized carbons (Fsp3) is 0.200. The number of nitrogens with zero attached hydrogens (tertiary/aromatic N) is 1. The maximum absolute atomic E-state index is 12.9. The highest BCUT2D eigenvalue weighted by Crippen LogP contribution is 2.39. The molecule has 146 valence electrons. The maximum atomic E-state index is 12.9. The van der Waals surface area contributed by atoms with E-state index in [0.717, 1.165) is 21.1 Å². The van der Waals surface area contributed by atoms with Crippen LogP contribution < -0.4 is 14.4 Å². The molecule has 0 radical (unpaired) electrons. The molecule has 0 aromatic heterocycles. The third kappa shape index (κ3) is 4.37. The lowest BCUT2D eigenvalue weighted by atomic mass is 10.1. The van der Waals surface area contributed by atoms with Crippen molar-refractivity contribution in [3.8, 4) is 11.5 Å². The Bertz CT molecular complexity index is 963. The molecule has 28 heavy (non-hydrogen) atoms. The quantitative estimate of drug-likeness (QED) is 0.463. The standard InChI is InChI=1S/C20H17BrClNO4S/c1-3-26-16-11-17(27-4-2)15(21)8-12(16)9-18-19(24)23(20(25)28-18)14-7-5-6-13(22)10-14/h5-11H,3-4H2,1-2H3/b18-9+. The molecule has 2 amide bonds. The Balaban J connectivity index is 1.98. The highest BCUT2D eigenvalue weighted by Gasteiger charge is 2.36. The summed E-state index contributed by atoms with van der Waals surface area (Å²) in [4.78, 5) is 26.7. The van der Waals surface area contributed by atoms with Crippen LogP contribution in [0.5, 0.6) is 11.5 Å². The number of hydrogen-bond donors (Lipinski definition) is 0. The predicted octanol–water partition coefficient (Wildman–Crippen LogP) is 6.14. The molecule has 1 heterocycles. The minimum atomic E-state index is -0.398. The summed E-state index contributed by atoms with van der Waals surface area (Å²) in [7, 11) is 0. The number of ether oxygens (including phenoxy) is 2. The summed E-state index contributed by atoms with van der Waals surface area (Å²) in [6.07, 6.45) is 1.65. The Hall–Kier alpha value is -1.96. The zero-order valence-electron chi connectivity index (χ0n) is 15.2.